The highest BCUT2D eigenvalue weighted by atomic mass is 35.5. The molecule has 0 aliphatic heterocycles. The molecule has 0 aliphatic carbocycles. The molecule has 2 aromatic rings. The molecule has 0 atom stereocenters. The zero-order valence-corrected chi connectivity index (χ0v) is 13.5. The standard InChI is InChI=1S/C16H14ClN3O4/c1-2-24-15-7-6-11(8-14(15)17)10-18-19-16(21)12-4-3-5-13(9-12)20(22)23/h3-10H,2H2,1H3,(H,19,21)/b18-10+. The molecule has 7 nitrogen and oxygen atoms in total. The van der Waals surface area contributed by atoms with Gasteiger partial charge in [-0.15, -0.1) is 0 Å². The van der Waals surface area contributed by atoms with Crippen LogP contribution in [0.1, 0.15) is 22.8 Å². The first-order valence-corrected chi connectivity index (χ1v) is 7.39. The molecule has 0 saturated heterocycles. The van der Waals surface area contributed by atoms with Crippen molar-refractivity contribution in [1.82, 2.24) is 5.43 Å². The lowest BCUT2D eigenvalue weighted by atomic mass is 10.2. The van der Waals surface area contributed by atoms with Gasteiger partial charge in [0.1, 0.15) is 5.75 Å². The predicted molar refractivity (Wildman–Crippen MR) is 90.8 cm³/mol. The third-order valence-corrected chi connectivity index (χ3v) is 3.25. The van der Waals surface area contributed by atoms with Crippen molar-refractivity contribution < 1.29 is 14.5 Å². The van der Waals surface area contributed by atoms with Gasteiger partial charge in [0, 0.05) is 17.7 Å². The van der Waals surface area contributed by atoms with Crippen molar-refractivity contribution >= 4 is 29.4 Å². The number of nitrogens with zero attached hydrogens (tertiary/aromatic N) is 2. The minimum absolute atomic E-state index is 0.145. The van der Waals surface area contributed by atoms with E-state index in [1.165, 1.54) is 30.5 Å². The van der Waals surface area contributed by atoms with Crippen LogP contribution in [0.3, 0.4) is 0 Å². The molecule has 0 aliphatic rings. The SMILES string of the molecule is CCOc1ccc(/C=N/NC(=O)c2cccc([N+](=O)[O-])c2)cc1Cl. The summed E-state index contributed by atoms with van der Waals surface area (Å²) < 4.78 is 5.32. The maximum absolute atomic E-state index is 11.9. The quantitative estimate of drug-likeness (QED) is 0.492. The molecule has 0 heterocycles. The van der Waals surface area contributed by atoms with Crippen LogP contribution in [-0.4, -0.2) is 23.7 Å². The van der Waals surface area contributed by atoms with Gasteiger partial charge in [0.15, 0.2) is 0 Å². The number of carbonyl (C=O) groups excluding carboxylic acids is 1. The maximum atomic E-state index is 11.9. The summed E-state index contributed by atoms with van der Waals surface area (Å²) in [4.78, 5) is 22.1. The summed E-state index contributed by atoms with van der Waals surface area (Å²) in [6.45, 7) is 2.36. The lowest BCUT2D eigenvalue weighted by molar-refractivity contribution is -0.384. The van der Waals surface area contributed by atoms with Gasteiger partial charge in [0.2, 0.25) is 0 Å². The number of benzene rings is 2. The van der Waals surface area contributed by atoms with E-state index in [1.807, 2.05) is 6.92 Å². The Hall–Kier alpha value is -2.93. The number of halogens is 1. The number of non-ortho nitro benzene ring substituents is 1. The summed E-state index contributed by atoms with van der Waals surface area (Å²) >= 11 is 6.05. The third-order valence-electron chi connectivity index (χ3n) is 2.95. The van der Waals surface area contributed by atoms with Crippen molar-refractivity contribution in [2.45, 2.75) is 6.92 Å². The number of rotatable bonds is 6. The van der Waals surface area contributed by atoms with E-state index in [-0.39, 0.29) is 11.3 Å². The number of nitro benzene ring substituents is 1. The fraction of sp³-hybridized carbons (Fsp3) is 0.125. The van der Waals surface area contributed by atoms with Crippen molar-refractivity contribution in [3.05, 3.63) is 68.7 Å². The highest BCUT2D eigenvalue weighted by Gasteiger charge is 2.10. The number of amides is 1. The van der Waals surface area contributed by atoms with Crippen molar-refractivity contribution in [2.75, 3.05) is 6.61 Å². The third kappa shape index (κ3) is 4.53. The first-order chi connectivity index (χ1) is 11.5. The molecule has 8 heteroatoms. The molecule has 2 rings (SSSR count). The van der Waals surface area contributed by atoms with E-state index < -0.39 is 10.8 Å². The van der Waals surface area contributed by atoms with Crippen LogP contribution < -0.4 is 10.2 Å². The molecule has 0 spiro atoms. The van der Waals surface area contributed by atoms with Gasteiger partial charge in [-0.25, -0.2) is 5.43 Å². The topological polar surface area (TPSA) is 93.8 Å². The summed E-state index contributed by atoms with van der Waals surface area (Å²) in [6.07, 6.45) is 1.41. The zero-order chi connectivity index (χ0) is 17.5. The Morgan fingerprint density at radius 2 is 2.17 bits per heavy atom. The molecule has 0 bridgehead atoms. The van der Waals surface area contributed by atoms with Crippen molar-refractivity contribution in [3.63, 3.8) is 0 Å². The summed E-state index contributed by atoms with van der Waals surface area (Å²) in [6, 6.07) is 10.5. The molecular formula is C16H14ClN3O4. The van der Waals surface area contributed by atoms with E-state index in [0.717, 1.165) is 0 Å². The van der Waals surface area contributed by atoms with Crippen LogP contribution in [0.2, 0.25) is 5.02 Å². The molecule has 1 N–H and O–H groups in total. The fourth-order valence-electron chi connectivity index (χ4n) is 1.86. The van der Waals surface area contributed by atoms with Gasteiger partial charge in [-0.1, -0.05) is 17.7 Å². The fourth-order valence-corrected chi connectivity index (χ4v) is 2.10. The average Bonchev–Trinajstić information content (AvgIpc) is 2.57. The molecule has 0 saturated carbocycles. The average molecular weight is 348 g/mol. The van der Waals surface area contributed by atoms with Crippen molar-refractivity contribution in [2.24, 2.45) is 5.10 Å². The summed E-state index contributed by atoms with van der Waals surface area (Å²) in [5.41, 5.74) is 2.96. The number of hydrazone groups is 1. The van der Waals surface area contributed by atoms with Crippen LogP contribution in [0.4, 0.5) is 5.69 Å². The molecule has 0 aromatic heterocycles. The van der Waals surface area contributed by atoms with Gasteiger partial charge in [-0.2, -0.15) is 5.10 Å². The van der Waals surface area contributed by atoms with Crippen LogP contribution in [0.5, 0.6) is 5.75 Å². The van der Waals surface area contributed by atoms with E-state index >= 15 is 0 Å². The first kappa shape index (κ1) is 17.4. The number of nitro groups is 1. The second kappa shape index (κ2) is 8.07. The first-order valence-electron chi connectivity index (χ1n) is 7.01. The molecule has 0 unspecified atom stereocenters. The monoisotopic (exact) mass is 347 g/mol. The number of nitrogens with one attached hydrogen (secondary N) is 1. The van der Waals surface area contributed by atoms with Gasteiger partial charge in [-0.3, -0.25) is 14.9 Å². The van der Waals surface area contributed by atoms with Gasteiger partial charge >= 0.3 is 0 Å². The van der Waals surface area contributed by atoms with Gasteiger partial charge in [0.25, 0.3) is 11.6 Å². The normalized spacial score (nSPS) is 10.6. The number of carbonyl (C=O) groups is 1. The molecular weight excluding hydrogens is 334 g/mol. The van der Waals surface area contributed by atoms with E-state index in [1.54, 1.807) is 18.2 Å². The minimum Gasteiger partial charge on any atom is -0.492 e. The number of hydrogen-bond donors (Lipinski definition) is 1. The number of ether oxygens (including phenoxy) is 1. The van der Waals surface area contributed by atoms with Crippen LogP contribution in [0.15, 0.2) is 47.6 Å². The maximum Gasteiger partial charge on any atom is 0.271 e. The Balaban J connectivity index is 2.03. The summed E-state index contributed by atoms with van der Waals surface area (Å²) in [5, 5.41) is 15.0. The molecule has 124 valence electrons. The smallest absolute Gasteiger partial charge is 0.271 e. The van der Waals surface area contributed by atoms with Crippen LogP contribution in [-0.2, 0) is 0 Å². The lowest BCUT2D eigenvalue weighted by Gasteiger charge is -2.05. The molecule has 0 radical (unpaired) electrons. The molecule has 24 heavy (non-hydrogen) atoms. The highest BCUT2D eigenvalue weighted by Crippen LogP contribution is 2.24. The number of hydrogen-bond acceptors (Lipinski definition) is 5. The highest BCUT2D eigenvalue weighted by molar-refractivity contribution is 6.32. The molecule has 2 aromatic carbocycles. The van der Waals surface area contributed by atoms with E-state index in [4.69, 9.17) is 16.3 Å². The Kier molecular flexibility index (Phi) is 5.86. The van der Waals surface area contributed by atoms with Crippen LogP contribution >= 0.6 is 11.6 Å². The van der Waals surface area contributed by atoms with Gasteiger partial charge < -0.3 is 4.74 Å². The van der Waals surface area contributed by atoms with Crippen LogP contribution in [0, 0.1) is 10.1 Å². The van der Waals surface area contributed by atoms with Crippen molar-refractivity contribution in [1.29, 1.82) is 0 Å². The Bertz CT molecular complexity index is 793. The molecule has 0 fully saturated rings. The zero-order valence-electron chi connectivity index (χ0n) is 12.7. The van der Waals surface area contributed by atoms with Crippen molar-refractivity contribution in [3.8, 4) is 5.75 Å². The summed E-state index contributed by atoms with van der Waals surface area (Å²) in [7, 11) is 0. The molecule has 1 amide bonds. The van der Waals surface area contributed by atoms with Crippen LogP contribution in [0.25, 0.3) is 0 Å². The second-order valence-corrected chi connectivity index (χ2v) is 5.04. The second-order valence-electron chi connectivity index (χ2n) is 4.63. The minimum atomic E-state index is -0.567. The van der Waals surface area contributed by atoms with E-state index in [2.05, 4.69) is 10.5 Å². The Morgan fingerprint density at radius 1 is 1.38 bits per heavy atom. The van der Waals surface area contributed by atoms with Gasteiger partial charge in [-0.05, 0) is 36.8 Å². The predicted octanol–water partition coefficient (Wildman–Crippen LogP) is 3.41. The van der Waals surface area contributed by atoms with E-state index in [0.29, 0.717) is 22.9 Å². The lowest BCUT2D eigenvalue weighted by Crippen LogP contribution is -2.17. The Morgan fingerprint density at radius 3 is 2.83 bits per heavy atom. The van der Waals surface area contributed by atoms with E-state index in [9.17, 15) is 14.9 Å². The summed E-state index contributed by atoms with van der Waals surface area (Å²) in [5.74, 6) is 0.0175. The Labute approximate surface area is 143 Å². The largest absolute Gasteiger partial charge is 0.492 e. The van der Waals surface area contributed by atoms with Gasteiger partial charge in [0.05, 0.1) is 22.8 Å².